The van der Waals surface area contributed by atoms with Gasteiger partial charge in [0.1, 0.15) is 0 Å². The maximum atomic E-state index is 12.3. The van der Waals surface area contributed by atoms with Crippen molar-refractivity contribution in [3.63, 3.8) is 0 Å². The first-order valence-electron chi connectivity index (χ1n) is 7.85. The number of halogens is 2. The topological polar surface area (TPSA) is 23.6 Å². The van der Waals surface area contributed by atoms with Crippen LogP contribution in [0.25, 0.3) is 6.08 Å². The van der Waals surface area contributed by atoms with Crippen molar-refractivity contribution in [2.24, 2.45) is 0 Å². The smallest absolute Gasteiger partial charge is 0.246 e. The van der Waals surface area contributed by atoms with Crippen LogP contribution in [0.3, 0.4) is 0 Å². The summed E-state index contributed by atoms with van der Waals surface area (Å²) in [7, 11) is 0. The summed E-state index contributed by atoms with van der Waals surface area (Å²) in [5.74, 6) is 0.0331. The molecule has 1 saturated heterocycles. The first kappa shape index (κ1) is 16.9. The zero-order valence-electron chi connectivity index (χ0n) is 13.2. The number of carbonyl (C=O) groups is 1. The molecule has 0 atom stereocenters. The van der Waals surface area contributed by atoms with Gasteiger partial charge < -0.3 is 9.80 Å². The molecule has 0 aromatic heterocycles. The van der Waals surface area contributed by atoms with Crippen molar-refractivity contribution in [3.8, 4) is 0 Å². The second-order valence-corrected chi connectivity index (χ2v) is 6.55. The number of carbonyl (C=O) groups excluding carboxylic acids is 1. The Labute approximate surface area is 152 Å². The van der Waals surface area contributed by atoms with E-state index in [4.69, 9.17) is 23.2 Å². The lowest BCUT2D eigenvalue weighted by Gasteiger charge is -2.35. The third kappa shape index (κ3) is 4.31. The highest BCUT2D eigenvalue weighted by Crippen LogP contribution is 2.19. The SMILES string of the molecule is O=C(C=Cc1cccc(Cl)c1)N1CCN(c2ccc(Cl)cc2)CC1. The second kappa shape index (κ2) is 7.73. The van der Waals surface area contributed by atoms with Gasteiger partial charge in [0.05, 0.1) is 0 Å². The van der Waals surface area contributed by atoms with Crippen LogP contribution >= 0.6 is 23.2 Å². The van der Waals surface area contributed by atoms with Crippen LogP contribution in [-0.2, 0) is 4.79 Å². The summed E-state index contributed by atoms with van der Waals surface area (Å²) in [5, 5.41) is 1.40. The van der Waals surface area contributed by atoms with E-state index in [1.54, 1.807) is 12.2 Å². The molecule has 1 aliphatic heterocycles. The molecule has 3 nitrogen and oxygen atoms in total. The minimum absolute atomic E-state index is 0.0331. The highest BCUT2D eigenvalue weighted by atomic mass is 35.5. The lowest BCUT2D eigenvalue weighted by Crippen LogP contribution is -2.48. The van der Waals surface area contributed by atoms with Gasteiger partial charge in [0, 0.05) is 48.0 Å². The fraction of sp³-hybridized carbons (Fsp3) is 0.211. The summed E-state index contributed by atoms with van der Waals surface area (Å²) in [4.78, 5) is 16.4. The average molecular weight is 361 g/mol. The fourth-order valence-corrected chi connectivity index (χ4v) is 3.04. The normalized spacial score (nSPS) is 15.1. The molecule has 0 bridgehead atoms. The number of hydrogen-bond acceptors (Lipinski definition) is 2. The van der Waals surface area contributed by atoms with E-state index < -0.39 is 0 Å². The van der Waals surface area contributed by atoms with E-state index >= 15 is 0 Å². The van der Waals surface area contributed by atoms with Gasteiger partial charge in [-0.2, -0.15) is 0 Å². The van der Waals surface area contributed by atoms with Crippen LogP contribution in [0.15, 0.2) is 54.6 Å². The van der Waals surface area contributed by atoms with Gasteiger partial charge in [0.25, 0.3) is 0 Å². The van der Waals surface area contributed by atoms with Crippen molar-refractivity contribution in [2.75, 3.05) is 31.1 Å². The van der Waals surface area contributed by atoms with Crippen LogP contribution in [0.1, 0.15) is 5.56 Å². The highest BCUT2D eigenvalue weighted by molar-refractivity contribution is 6.31. The molecule has 3 rings (SSSR count). The number of rotatable bonds is 3. The molecule has 0 spiro atoms. The molecule has 0 N–H and O–H groups in total. The molecule has 1 aliphatic rings. The van der Waals surface area contributed by atoms with Gasteiger partial charge in [-0.3, -0.25) is 4.79 Å². The van der Waals surface area contributed by atoms with Crippen molar-refractivity contribution in [3.05, 3.63) is 70.2 Å². The summed E-state index contributed by atoms with van der Waals surface area (Å²) in [6, 6.07) is 15.3. The van der Waals surface area contributed by atoms with E-state index in [1.807, 2.05) is 53.4 Å². The van der Waals surface area contributed by atoms with Gasteiger partial charge in [0.2, 0.25) is 5.91 Å². The Morgan fingerprint density at radius 2 is 1.62 bits per heavy atom. The summed E-state index contributed by atoms with van der Waals surface area (Å²) in [6.45, 7) is 3.06. The Balaban J connectivity index is 1.56. The lowest BCUT2D eigenvalue weighted by atomic mass is 10.2. The Kier molecular flexibility index (Phi) is 5.44. The first-order valence-corrected chi connectivity index (χ1v) is 8.60. The van der Waals surface area contributed by atoms with Gasteiger partial charge in [-0.1, -0.05) is 35.3 Å². The van der Waals surface area contributed by atoms with Gasteiger partial charge >= 0.3 is 0 Å². The standard InChI is InChI=1S/C19H18Cl2N2O/c20-16-5-7-18(8-6-16)22-10-12-23(13-11-22)19(24)9-4-15-2-1-3-17(21)14-15/h1-9,14H,10-13H2. The summed E-state index contributed by atoms with van der Waals surface area (Å²) in [5.41, 5.74) is 2.07. The number of anilines is 1. The molecule has 1 amide bonds. The van der Waals surface area contributed by atoms with E-state index in [2.05, 4.69) is 4.90 Å². The van der Waals surface area contributed by atoms with Crippen LogP contribution in [0.4, 0.5) is 5.69 Å². The molecule has 2 aromatic carbocycles. The first-order chi connectivity index (χ1) is 11.6. The second-order valence-electron chi connectivity index (χ2n) is 5.68. The number of benzene rings is 2. The van der Waals surface area contributed by atoms with Gasteiger partial charge in [-0.15, -0.1) is 0 Å². The number of hydrogen-bond donors (Lipinski definition) is 0. The number of piperazine rings is 1. The molecule has 5 heteroatoms. The molecule has 0 unspecified atom stereocenters. The maximum absolute atomic E-state index is 12.3. The van der Waals surface area contributed by atoms with Crippen LogP contribution in [0.5, 0.6) is 0 Å². The molecule has 1 heterocycles. The molecule has 24 heavy (non-hydrogen) atoms. The van der Waals surface area contributed by atoms with E-state index in [9.17, 15) is 4.79 Å². The Morgan fingerprint density at radius 1 is 0.917 bits per heavy atom. The Hall–Kier alpha value is -1.97. The third-order valence-electron chi connectivity index (χ3n) is 4.05. The van der Waals surface area contributed by atoms with Crippen molar-refractivity contribution < 1.29 is 4.79 Å². The molecular formula is C19H18Cl2N2O. The van der Waals surface area contributed by atoms with Gasteiger partial charge in [-0.05, 0) is 48.0 Å². The highest BCUT2D eigenvalue weighted by Gasteiger charge is 2.19. The van der Waals surface area contributed by atoms with E-state index in [0.29, 0.717) is 18.1 Å². The zero-order chi connectivity index (χ0) is 16.9. The van der Waals surface area contributed by atoms with Crippen molar-refractivity contribution >= 4 is 40.9 Å². The average Bonchev–Trinajstić information content (AvgIpc) is 2.61. The third-order valence-corrected chi connectivity index (χ3v) is 4.54. The monoisotopic (exact) mass is 360 g/mol. The van der Waals surface area contributed by atoms with E-state index in [-0.39, 0.29) is 5.91 Å². The number of amides is 1. The predicted octanol–water partition coefficient (Wildman–Crippen LogP) is 4.36. The van der Waals surface area contributed by atoms with Crippen LogP contribution in [-0.4, -0.2) is 37.0 Å². The molecule has 2 aromatic rings. The van der Waals surface area contributed by atoms with Gasteiger partial charge in [0.15, 0.2) is 0 Å². The van der Waals surface area contributed by atoms with Crippen molar-refractivity contribution in [2.45, 2.75) is 0 Å². The minimum Gasteiger partial charge on any atom is -0.368 e. The molecule has 124 valence electrons. The molecular weight excluding hydrogens is 343 g/mol. The summed E-state index contributed by atoms with van der Waals surface area (Å²) >= 11 is 11.9. The number of nitrogens with zero attached hydrogens (tertiary/aromatic N) is 2. The fourth-order valence-electron chi connectivity index (χ4n) is 2.72. The summed E-state index contributed by atoms with van der Waals surface area (Å²) in [6.07, 6.45) is 3.42. The lowest BCUT2D eigenvalue weighted by molar-refractivity contribution is -0.126. The van der Waals surface area contributed by atoms with Gasteiger partial charge in [-0.25, -0.2) is 0 Å². The maximum Gasteiger partial charge on any atom is 0.246 e. The Bertz CT molecular complexity index is 735. The van der Waals surface area contributed by atoms with Crippen LogP contribution < -0.4 is 4.90 Å². The summed E-state index contributed by atoms with van der Waals surface area (Å²) < 4.78 is 0. The largest absolute Gasteiger partial charge is 0.368 e. The van der Waals surface area contributed by atoms with E-state index in [1.165, 1.54) is 0 Å². The quantitative estimate of drug-likeness (QED) is 0.759. The van der Waals surface area contributed by atoms with Crippen LogP contribution in [0, 0.1) is 0 Å². The van der Waals surface area contributed by atoms with Crippen molar-refractivity contribution in [1.29, 1.82) is 0 Å². The molecule has 1 fully saturated rings. The zero-order valence-corrected chi connectivity index (χ0v) is 14.7. The molecule has 0 saturated carbocycles. The molecule has 0 aliphatic carbocycles. The molecule has 0 radical (unpaired) electrons. The van der Waals surface area contributed by atoms with Crippen molar-refractivity contribution in [1.82, 2.24) is 4.90 Å². The predicted molar refractivity (Wildman–Crippen MR) is 101 cm³/mol. The van der Waals surface area contributed by atoms with Crippen LogP contribution in [0.2, 0.25) is 10.0 Å². The van der Waals surface area contributed by atoms with E-state index in [0.717, 1.165) is 29.4 Å². The Morgan fingerprint density at radius 3 is 2.29 bits per heavy atom. The minimum atomic E-state index is 0.0331.